The topological polar surface area (TPSA) is 64.7 Å². The highest BCUT2D eigenvalue weighted by Crippen LogP contribution is 2.12. The van der Waals surface area contributed by atoms with Crippen LogP contribution in [0.15, 0.2) is 0 Å². The zero-order valence-corrected chi connectivity index (χ0v) is 6.58. The summed E-state index contributed by atoms with van der Waals surface area (Å²) in [6.45, 7) is 3.00. The van der Waals surface area contributed by atoms with Crippen molar-refractivity contribution < 1.29 is 4.21 Å². The molecule has 0 aromatic heterocycles. The third-order valence-electron chi connectivity index (χ3n) is 1.24. The van der Waals surface area contributed by atoms with E-state index in [2.05, 4.69) is 0 Å². The van der Waals surface area contributed by atoms with Crippen LogP contribution in [-0.4, -0.2) is 15.2 Å². The van der Waals surface area contributed by atoms with E-state index in [0.717, 1.165) is 0 Å². The van der Waals surface area contributed by atoms with Crippen molar-refractivity contribution in [1.82, 2.24) is 0 Å². The summed E-state index contributed by atoms with van der Waals surface area (Å²) < 4.78 is 16.9. The Morgan fingerprint density at radius 3 is 2.00 bits per heavy atom. The summed E-state index contributed by atoms with van der Waals surface area (Å²) in [5.41, 5.74) is 0. The normalized spacial score (nSPS) is 18.0. The van der Waals surface area contributed by atoms with Crippen LogP contribution in [0.4, 0.5) is 0 Å². The van der Waals surface area contributed by atoms with Crippen molar-refractivity contribution in [3.05, 3.63) is 0 Å². The van der Waals surface area contributed by atoms with Crippen molar-refractivity contribution in [3.8, 4) is 6.07 Å². The molecule has 1 atom stereocenters. The lowest BCUT2D eigenvalue weighted by Crippen LogP contribution is -2.27. The van der Waals surface area contributed by atoms with Crippen molar-refractivity contribution in [2.45, 2.75) is 18.6 Å². The van der Waals surface area contributed by atoms with Gasteiger partial charge in [0.1, 0.15) is 4.75 Å². The van der Waals surface area contributed by atoms with Gasteiger partial charge in [0, 0.05) is 6.26 Å². The molecule has 0 unspecified atom stereocenters. The van der Waals surface area contributed by atoms with E-state index in [-0.39, 0.29) is 0 Å². The van der Waals surface area contributed by atoms with Crippen LogP contribution in [0.3, 0.4) is 0 Å². The second-order valence-electron chi connectivity index (χ2n) is 2.47. The van der Waals surface area contributed by atoms with Gasteiger partial charge >= 0.3 is 0 Å². The molecule has 0 saturated heterocycles. The van der Waals surface area contributed by atoms with Gasteiger partial charge in [-0.25, -0.2) is 4.21 Å². The molecule has 1 N–H and O–H groups in total. The van der Waals surface area contributed by atoms with E-state index in [0.29, 0.717) is 0 Å². The molecule has 52 valence electrons. The molecule has 0 aliphatic heterocycles. The van der Waals surface area contributed by atoms with Crippen LogP contribution in [0.25, 0.3) is 0 Å². The molecule has 0 heterocycles. The maximum absolute atomic E-state index is 10.9. The molecule has 0 saturated carbocycles. The molecule has 0 fully saturated rings. The Bertz CT molecular complexity index is 232. The van der Waals surface area contributed by atoms with Gasteiger partial charge in [-0.15, -0.1) is 0 Å². The lowest BCUT2D eigenvalue weighted by molar-refractivity contribution is 0.659. The van der Waals surface area contributed by atoms with Gasteiger partial charge in [0.05, 0.1) is 15.8 Å². The standard InChI is InChI=1S/C5H10N2OS/c1-5(2,4-6)9(3,7)8/h7H,1-3H3/t9-/m0/s1. The maximum atomic E-state index is 10.9. The van der Waals surface area contributed by atoms with Gasteiger partial charge in [-0.2, -0.15) is 5.26 Å². The second kappa shape index (κ2) is 1.99. The van der Waals surface area contributed by atoms with Crippen LogP contribution in [0.1, 0.15) is 13.8 Å². The van der Waals surface area contributed by atoms with Crippen LogP contribution >= 0.6 is 0 Å². The second-order valence-corrected chi connectivity index (χ2v) is 5.17. The van der Waals surface area contributed by atoms with E-state index >= 15 is 0 Å². The molecule has 4 heteroatoms. The van der Waals surface area contributed by atoms with E-state index in [9.17, 15) is 4.21 Å². The maximum Gasteiger partial charge on any atom is 0.134 e. The molecule has 0 spiro atoms. The van der Waals surface area contributed by atoms with Crippen molar-refractivity contribution in [2.24, 2.45) is 0 Å². The summed E-state index contributed by atoms with van der Waals surface area (Å²) in [5, 5.41) is 8.38. The molecule has 9 heavy (non-hydrogen) atoms. The van der Waals surface area contributed by atoms with Crippen LogP contribution in [0, 0.1) is 16.1 Å². The monoisotopic (exact) mass is 146 g/mol. The predicted octanol–water partition coefficient (Wildman–Crippen LogP) is 0.965. The van der Waals surface area contributed by atoms with Crippen LogP contribution in [-0.2, 0) is 9.73 Å². The van der Waals surface area contributed by atoms with E-state index in [1.807, 2.05) is 6.07 Å². The Morgan fingerprint density at radius 2 is 2.00 bits per heavy atom. The highest BCUT2D eigenvalue weighted by molar-refractivity contribution is 7.93. The molecule has 0 aliphatic carbocycles. The summed E-state index contributed by atoms with van der Waals surface area (Å²) >= 11 is 0. The minimum absolute atomic E-state index is 1.02. The number of rotatable bonds is 1. The minimum atomic E-state index is -2.71. The molecule has 0 aromatic carbocycles. The average molecular weight is 146 g/mol. The van der Waals surface area contributed by atoms with Gasteiger partial charge < -0.3 is 0 Å². The molecule has 0 aromatic rings. The zero-order valence-electron chi connectivity index (χ0n) is 5.76. The first-order valence-corrected chi connectivity index (χ1v) is 4.42. The molecule has 3 nitrogen and oxygen atoms in total. The van der Waals surface area contributed by atoms with Crippen molar-refractivity contribution in [3.63, 3.8) is 0 Å². The first kappa shape index (κ1) is 8.44. The number of hydrogen-bond acceptors (Lipinski definition) is 3. The lowest BCUT2D eigenvalue weighted by atomic mass is 10.2. The molecule has 0 rings (SSSR count). The van der Waals surface area contributed by atoms with Gasteiger partial charge in [-0.3, -0.25) is 4.78 Å². The van der Waals surface area contributed by atoms with E-state index in [1.165, 1.54) is 20.1 Å². The molecular formula is C5H10N2OS. The predicted molar refractivity (Wildman–Crippen MR) is 36.5 cm³/mol. The molecule has 0 aliphatic rings. The number of nitrogens with one attached hydrogen (secondary N) is 1. The Labute approximate surface area is 55.7 Å². The number of hydrogen-bond donors (Lipinski definition) is 1. The number of nitriles is 1. The Kier molecular flexibility index (Phi) is 1.87. The number of nitrogens with zero attached hydrogens (tertiary/aromatic N) is 1. The van der Waals surface area contributed by atoms with Gasteiger partial charge in [0.25, 0.3) is 0 Å². The summed E-state index contributed by atoms with van der Waals surface area (Å²) in [6.07, 6.45) is 1.27. The van der Waals surface area contributed by atoms with Gasteiger partial charge in [0.15, 0.2) is 0 Å². The van der Waals surface area contributed by atoms with E-state index in [1.54, 1.807) is 0 Å². The van der Waals surface area contributed by atoms with E-state index in [4.69, 9.17) is 10.0 Å². The van der Waals surface area contributed by atoms with Gasteiger partial charge in [0.2, 0.25) is 0 Å². The highest BCUT2D eigenvalue weighted by atomic mass is 32.2. The molecular weight excluding hydrogens is 136 g/mol. The van der Waals surface area contributed by atoms with Crippen LogP contribution in [0.5, 0.6) is 0 Å². The third kappa shape index (κ3) is 1.68. The summed E-state index contributed by atoms with van der Waals surface area (Å²) in [7, 11) is -2.71. The first-order valence-electron chi connectivity index (χ1n) is 2.46. The Morgan fingerprint density at radius 1 is 1.67 bits per heavy atom. The molecule has 0 radical (unpaired) electrons. The smallest absolute Gasteiger partial charge is 0.134 e. The Balaban J connectivity index is 4.85. The van der Waals surface area contributed by atoms with Gasteiger partial charge in [-0.1, -0.05) is 0 Å². The summed E-state index contributed by atoms with van der Waals surface area (Å²) in [5.74, 6) is 0. The first-order chi connectivity index (χ1) is 3.81. The van der Waals surface area contributed by atoms with Crippen molar-refractivity contribution >= 4 is 9.73 Å². The van der Waals surface area contributed by atoms with Crippen molar-refractivity contribution in [1.29, 1.82) is 10.0 Å². The fourth-order valence-electron chi connectivity index (χ4n) is 0.0871. The average Bonchev–Trinajstić information content (AvgIpc) is 1.64. The van der Waals surface area contributed by atoms with Crippen molar-refractivity contribution in [2.75, 3.05) is 6.26 Å². The highest BCUT2D eigenvalue weighted by Gasteiger charge is 2.25. The molecule has 0 amide bonds. The quantitative estimate of drug-likeness (QED) is 0.599. The fraction of sp³-hybridized carbons (Fsp3) is 0.800. The zero-order chi connectivity index (χ0) is 7.71. The van der Waals surface area contributed by atoms with Gasteiger partial charge in [-0.05, 0) is 13.8 Å². The van der Waals surface area contributed by atoms with Crippen LogP contribution < -0.4 is 0 Å². The SMILES string of the molecule is CC(C)(C#N)[S@@](C)(=N)=O. The third-order valence-corrected chi connectivity index (χ3v) is 3.28. The Hall–Kier alpha value is -0.560. The van der Waals surface area contributed by atoms with Crippen LogP contribution in [0.2, 0.25) is 0 Å². The fourth-order valence-corrected chi connectivity index (χ4v) is 0.261. The van der Waals surface area contributed by atoms with E-state index < -0.39 is 14.5 Å². The largest absolute Gasteiger partial charge is 0.252 e. The lowest BCUT2D eigenvalue weighted by Gasteiger charge is -2.14. The minimum Gasteiger partial charge on any atom is -0.252 e. The summed E-state index contributed by atoms with van der Waals surface area (Å²) in [4.78, 5) is 0. The summed E-state index contributed by atoms with van der Waals surface area (Å²) in [6, 6.07) is 1.82. The molecule has 0 bridgehead atoms.